The van der Waals surface area contributed by atoms with Gasteiger partial charge in [-0.2, -0.15) is 0 Å². The molecule has 1 unspecified atom stereocenters. The van der Waals surface area contributed by atoms with Gasteiger partial charge in [-0.15, -0.1) is 0 Å². The lowest BCUT2D eigenvalue weighted by Gasteiger charge is -2.15. The summed E-state index contributed by atoms with van der Waals surface area (Å²) in [5, 5.41) is 19.2. The van der Waals surface area contributed by atoms with Gasteiger partial charge in [-0.1, -0.05) is 12.1 Å². The lowest BCUT2D eigenvalue weighted by atomic mass is 10.1. The molecule has 21 heavy (non-hydrogen) atoms. The molecule has 0 saturated heterocycles. The van der Waals surface area contributed by atoms with Crippen LogP contribution < -0.4 is 9.47 Å². The number of pyridine rings is 1. The second-order valence-corrected chi connectivity index (χ2v) is 4.37. The molecule has 2 N–H and O–H groups in total. The fraction of sp³-hybridized carbons (Fsp3) is 0.312. The molecular formula is C16H19NO4. The largest absolute Gasteiger partial charge is 0.490 e. The molecule has 0 fully saturated rings. The Morgan fingerprint density at radius 1 is 1.14 bits per heavy atom. The molecular weight excluding hydrogens is 270 g/mol. The second-order valence-electron chi connectivity index (χ2n) is 4.37. The van der Waals surface area contributed by atoms with E-state index in [-0.39, 0.29) is 13.2 Å². The molecule has 5 heteroatoms. The van der Waals surface area contributed by atoms with E-state index in [0.717, 1.165) is 0 Å². The van der Waals surface area contributed by atoms with Crippen LogP contribution in [0.3, 0.4) is 0 Å². The number of nitrogens with zero attached hydrogens (tertiary/aromatic N) is 1. The number of aliphatic hydroxyl groups is 2. The highest BCUT2D eigenvalue weighted by Gasteiger charge is 2.15. The number of hydrogen-bond acceptors (Lipinski definition) is 5. The zero-order valence-electron chi connectivity index (χ0n) is 11.9. The molecule has 0 saturated carbocycles. The highest BCUT2D eigenvalue weighted by molar-refractivity contribution is 5.44. The minimum Gasteiger partial charge on any atom is -0.490 e. The van der Waals surface area contributed by atoms with E-state index in [1.54, 1.807) is 36.5 Å². The van der Waals surface area contributed by atoms with Gasteiger partial charge in [0.05, 0.1) is 18.9 Å². The predicted molar refractivity (Wildman–Crippen MR) is 78.5 cm³/mol. The summed E-state index contributed by atoms with van der Waals surface area (Å²) in [6, 6.07) is 10.6. The van der Waals surface area contributed by atoms with E-state index in [9.17, 15) is 5.11 Å². The fourth-order valence-electron chi connectivity index (χ4n) is 1.95. The van der Waals surface area contributed by atoms with Crippen LogP contribution in [0, 0.1) is 0 Å². The first-order valence-electron chi connectivity index (χ1n) is 6.85. The smallest absolute Gasteiger partial charge is 0.161 e. The fourth-order valence-corrected chi connectivity index (χ4v) is 1.95. The predicted octanol–water partition coefficient (Wildman–Crippen LogP) is 1.93. The molecule has 0 radical (unpaired) electrons. The Bertz CT molecular complexity index is 559. The van der Waals surface area contributed by atoms with E-state index in [0.29, 0.717) is 29.4 Å². The topological polar surface area (TPSA) is 71.8 Å². The molecule has 1 atom stereocenters. The Balaban J connectivity index is 2.26. The summed E-state index contributed by atoms with van der Waals surface area (Å²) < 4.78 is 10.9. The van der Waals surface area contributed by atoms with Crippen molar-refractivity contribution in [1.29, 1.82) is 0 Å². The molecule has 5 nitrogen and oxygen atoms in total. The second kappa shape index (κ2) is 7.61. The third-order valence-corrected chi connectivity index (χ3v) is 2.90. The normalized spacial score (nSPS) is 12.0. The number of rotatable bonds is 7. The van der Waals surface area contributed by atoms with Gasteiger partial charge in [0, 0.05) is 6.20 Å². The minimum absolute atomic E-state index is 0.0656. The first kappa shape index (κ1) is 15.3. The Morgan fingerprint density at radius 2 is 2.00 bits per heavy atom. The molecule has 0 aliphatic rings. The van der Waals surface area contributed by atoms with Crippen molar-refractivity contribution in [3.63, 3.8) is 0 Å². The highest BCUT2D eigenvalue weighted by Crippen LogP contribution is 2.32. The lowest BCUT2D eigenvalue weighted by molar-refractivity contribution is 0.193. The summed E-state index contributed by atoms with van der Waals surface area (Å²) in [5.74, 6) is 1.08. The van der Waals surface area contributed by atoms with Crippen LogP contribution in [-0.2, 0) is 0 Å². The van der Waals surface area contributed by atoms with E-state index >= 15 is 0 Å². The van der Waals surface area contributed by atoms with Crippen molar-refractivity contribution in [3.8, 4) is 11.5 Å². The van der Waals surface area contributed by atoms with Gasteiger partial charge < -0.3 is 19.7 Å². The summed E-state index contributed by atoms with van der Waals surface area (Å²) in [6.45, 7) is 2.49. The van der Waals surface area contributed by atoms with Crippen LogP contribution in [0.2, 0.25) is 0 Å². The molecule has 1 aromatic carbocycles. The van der Waals surface area contributed by atoms with Gasteiger partial charge >= 0.3 is 0 Å². The van der Waals surface area contributed by atoms with Crippen molar-refractivity contribution in [3.05, 3.63) is 53.9 Å². The van der Waals surface area contributed by atoms with Crippen LogP contribution in [0.15, 0.2) is 42.6 Å². The van der Waals surface area contributed by atoms with Gasteiger partial charge in [-0.05, 0) is 36.8 Å². The molecule has 1 aromatic heterocycles. The number of benzene rings is 1. The maximum Gasteiger partial charge on any atom is 0.161 e. The van der Waals surface area contributed by atoms with Crippen LogP contribution in [0.5, 0.6) is 11.5 Å². The Morgan fingerprint density at radius 3 is 2.67 bits per heavy atom. The van der Waals surface area contributed by atoms with Crippen LogP contribution in [0.1, 0.15) is 24.3 Å². The van der Waals surface area contributed by atoms with Crippen molar-refractivity contribution in [1.82, 2.24) is 4.98 Å². The molecule has 112 valence electrons. The summed E-state index contributed by atoms with van der Waals surface area (Å²) >= 11 is 0. The Labute approximate surface area is 123 Å². The summed E-state index contributed by atoms with van der Waals surface area (Å²) in [7, 11) is 0. The van der Waals surface area contributed by atoms with Gasteiger partial charge in [0.25, 0.3) is 0 Å². The highest BCUT2D eigenvalue weighted by atomic mass is 16.5. The van der Waals surface area contributed by atoms with E-state index in [4.69, 9.17) is 14.6 Å². The van der Waals surface area contributed by atoms with Crippen molar-refractivity contribution in [2.75, 3.05) is 19.8 Å². The maximum absolute atomic E-state index is 10.4. The van der Waals surface area contributed by atoms with Gasteiger partial charge in [-0.25, -0.2) is 0 Å². The zero-order chi connectivity index (χ0) is 15.1. The number of ether oxygens (including phenoxy) is 2. The van der Waals surface area contributed by atoms with Crippen LogP contribution in [0.25, 0.3) is 0 Å². The first-order chi connectivity index (χ1) is 10.3. The molecule has 0 spiro atoms. The maximum atomic E-state index is 10.4. The summed E-state index contributed by atoms with van der Waals surface area (Å²) in [5.41, 5.74) is 1.25. The average Bonchev–Trinajstić information content (AvgIpc) is 2.54. The minimum atomic E-state index is -0.822. The lowest BCUT2D eigenvalue weighted by Crippen LogP contribution is -2.06. The van der Waals surface area contributed by atoms with E-state index < -0.39 is 6.10 Å². The van der Waals surface area contributed by atoms with Crippen LogP contribution in [0.4, 0.5) is 0 Å². The summed E-state index contributed by atoms with van der Waals surface area (Å²) in [4.78, 5) is 4.15. The van der Waals surface area contributed by atoms with Crippen molar-refractivity contribution < 1.29 is 19.7 Å². The molecule has 0 amide bonds. The quantitative estimate of drug-likeness (QED) is 0.815. The van der Waals surface area contributed by atoms with Gasteiger partial charge in [-0.3, -0.25) is 4.98 Å². The van der Waals surface area contributed by atoms with Crippen molar-refractivity contribution >= 4 is 0 Å². The Kier molecular flexibility index (Phi) is 5.54. The van der Waals surface area contributed by atoms with Crippen molar-refractivity contribution in [2.45, 2.75) is 13.0 Å². The monoisotopic (exact) mass is 289 g/mol. The third-order valence-electron chi connectivity index (χ3n) is 2.90. The molecule has 1 heterocycles. The molecule has 2 aromatic rings. The third kappa shape index (κ3) is 3.93. The first-order valence-corrected chi connectivity index (χ1v) is 6.85. The summed E-state index contributed by atoms with van der Waals surface area (Å²) in [6.07, 6.45) is 0.818. The van der Waals surface area contributed by atoms with Gasteiger partial charge in [0.1, 0.15) is 12.7 Å². The molecule has 0 bridgehead atoms. The Hall–Kier alpha value is -2.11. The van der Waals surface area contributed by atoms with E-state index in [2.05, 4.69) is 4.98 Å². The van der Waals surface area contributed by atoms with Crippen molar-refractivity contribution in [2.24, 2.45) is 0 Å². The SMILES string of the molecule is CCOc1cc(C(O)c2ccccn2)ccc1OCCO. The molecule has 0 aliphatic heterocycles. The van der Waals surface area contributed by atoms with E-state index in [1.807, 2.05) is 13.0 Å². The average molecular weight is 289 g/mol. The number of aliphatic hydroxyl groups excluding tert-OH is 2. The zero-order valence-corrected chi connectivity index (χ0v) is 11.9. The van der Waals surface area contributed by atoms with E-state index in [1.165, 1.54) is 0 Å². The van der Waals surface area contributed by atoms with Gasteiger partial charge in [0.2, 0.25) is 0 Å². The number of aromatic nitrogens is 1. The van der Waals surface area contributed by atoms with Crippen LogP contribution in [-0.4, -0.2) is 35.0 Å². The standard InChI is InChI=1S/C16H19NO4/c1-2-20-15-11-12(6-7-14(15)21-10-9-18)16(19)13-5-3-4-8-17-13/h3-8,11,16,18-19H,2,9-10H2,1H3. The van der Waals surface area contributed by atoms with Gasteiger partial charge in [0.15, 0.2) is 11.5 Å². The number of hydrogen-bond donors (Lipinski definition) is 2. The molecule has 0 aliphatic carbocycles. The van der Waals surface area contributed by atoms with Crippen LogP contribution >= 0.6 is 0 Å². The molecule has 2 rings (SSSR count).